The van der Waals surface area contributed by atoms with Crippen LogP contribution in [0.3, 0.4) is 0 Å². The van der Waals surface area contributed by atoms with E-state index in [1.165, 1.54) is 13.2 Å². The fourth-order valence-electron chi connectivity index (χ4n) is 5.60. The normalized spacial score (nSPS) is 14.8. The van der Waals surface area contributed by atoms with E-state index in [-0.39, 0.29) is 29.7 Å². The van der Waals surface area contributed by atoms with Gasteiger partial charge in [-0.25, -0.2) is 13.4 Å². The van der Waals surface area contributed by atoms with E-state index in [4.69, 9.17) is 9.47 Å². The summed E-state index contributed by atoms with van der Waals surface area (Å²) in [6.07, 6.45) is 5.95. The molecule has 3 N–H and O–H groups in total. The molecule has 1 atom stereocenters. The number of sulfonamides is 1. The second-order valence-corrected chi connectivity index (χ2v) is 13.0. The Hall–Kier alpha value is -3.58. The number of likely N-dealkylation sites (tertiary alicyclic amines) is 1. The average molecular weight is 640 g/mol. The smallest absolute Gasteiger partial charge is 0.250 e. The molecule has 0 unspecified atom stereocenters. The van der Waals surface area contributed by atoms with E-state index in [1.807, 2.05) is 37.3 Å². The third kappa shape index (κ3) is 9.46. The number of carbonyl (C=O) groups is 2. The van der Waals surface area contributed by atoms with Crippen molar-refractivity contribution < 1.29 is 27.5 Å². The highest BCUT2D eigenvalue weighted by Gasteiger charge is 2.33. The Balaban J connectivity index is 1.62. The molecule has 2 heterocycles. The number of amides is 2. The van der Waals surface area contributed by atoms with Crippen LogP contribution in [0.4, 0.5) is 5.69 Å². The van der Waals surface area contributed by atoms with Crippen molar-refractivity contribution in [1.29, 1.82) is 0 Å². The van der Waals surface area contributed by atoms with Crippen LogP contribution in [0.25, 0.3) is 11.1 Å². The van der Waals surface area contributed by atoms with E-state index in [0.717, 1.165) is 36.2 Å². The Bertz CT molecular complexity index is 1500. The van der Waals surface area contributed by atoms with Gasteiger partial charge in [0, 0.05) is 31.5 Å². The summed E-state index contributed by atoms with van der Waals surface area (Å²) in [5.41, 5.74) is 3.22. The van der Waals surface area contributed by atoms with Crippen molar-refractivity contribution in [2.45, 2.75) is 63.3 Å². The van der Waals surface area contributed by atoms with E-state index in [2.05, 4.69) is 26.9 Å². The zero-order chi connectivity index (χ0) is 32.2. The molecule has 12 heteroatoms. The summed E-state index contributed by atoms with van der Waals surface area (Å²) in [5, 5.41) is 2.77. The van der Waals surface area contributed by atoms with Gasteiger partial charge in [-0.2, -0.15) is 4.72 Å². The quantitative estimate of drug-likeness (QED) is 0.198. The van der Waals surface area contributed by atoms with E-state index >= 15 is 0 Å². The molecule has 0 aliphatic carbocycles. The summed E-state index contributed by atoms with van der Waals surface area (Å²) in [6, 6.07) is 13.1. The summed E-state index contributed by atoms with van der Waals surface area (Å²) in [6.45, 7) is 5.55. The molecule has 45 heavy (non-hydrogen) atoms. The van der Waals surface area contributed by atoms with Crippen molar-refractivity contribution in [3.05, 3.63) is 66.2 Å². The largest absolute Gasteiger partial charge is 0.382 e. The number of H-pyrrole nitrogens is 1. The lowest BCUT2D eigenvalue weighted by molar-refractivity contribution is -0.134. The number of aromatic amines is 1. The minimum atomic E-state index is -4.28. The lowest BCUT2D eigenvalue weighted by Crippen LogP contribution is -2.50. The molecular weight excluding hydrogens is 594 g/mol. The van der Waals surface area contributed by atoms with Gasteiger partial charge in [0.25, 0.3) is 0 Å². The first-order valence-corrected chi connectivity index (χ1v) is 17.1. The van der Waals surface area contributed by atoms with E-state index in [0.29, 0.717) is 50.4 Å². The van der Waals surface area contributed by atoms with Crippen LogP contribution in [-0.4, -0.2) is 81.2 Å². The van der Waals surface area contributed by atoms with Gasteiger partial charge >= 0.3 is 0 Å². The number of hydrogen-bond acceptors (Lipinski definition) is 7. The zero-order valence-corrected chi connectivity index (χ0v) is 27.2. The Morgan fingerprint density at radius 1 is 1.09 bits per heavy atom. The maximum atomic E-state index is 14.2. The van der Waals surface area contributed by atoms with Crippen LogP contribution in [-0.2, 0) is 35.5 Å². The van der Waals surface area contributed by atoms with Gasteiger partial charge in [-0.15, -0.1) is 0 Å². The molecule has 1 aromatic heterocycles. The van der Waals surface area contributed by atoms with Crippen LogP contribution in [0.5, 0.6) is 0 Å². The topological polar surface area (TPSA) is 143 Å². The Labute approximate surface area is 266 Å². The first-order valence-electron chi connectivity index (χ1n) is 15.6. The Morgan fingerprint density at radius 2 is 1.84 bits per heavy atom. The molecule has 1 saturated heterocycles. The van der Waals surface area contributed by atoms with Crippen LogP contribution >= 0.6 is 0 Å². The van der Waals surface area contributed by atoms with Gasteiger partial charge in [0.2, 0.25) is 21.8 Å². The molecule has 4 rings (SSSR count). The standard InChI is InChI=1S/C33H45N5O6S/c1-4-25-16-18-38(19-17-25)33(40)29(14-9-13-28-24(2)34-23-35-28)37-45(41,42)30-15-8-12-27(26-10-6-5-7-11-26)32(30)36-31(39)22-44-21-20-43-3/h5-8,10-12,15,23,25,29,37H,4,9,13-14,16-22H2,1-3H3,(H,34,35)(H,36,39)/t29-/m0/s1. The lowest BCUT2D eigenvalue weighted by atomic mass is 9.94. The highest BCUT2D eigenvalue weighted by atomic mass is 32.2. The summed E-state index contributed by atoms with van der Waals surface area (Å²) < 4.78 is 41.4. The molecule has 11 nitrogen and oxygen atoms in total. The average Bonchev–Trinajstić information content (AvgIpc) is 3.46. The van der Waals surface area contributed by atoms with Crippen molar-refractivity contribution in [1.82, 2.24) is 19.6 Å². The molecule has 1 fully saturated rings. The summed E-state index contributed by atoms with van der Waals surface area (Å²) in [7, 11) is -2.75. The van der Waals surface area contributed by atoms with Gasteiger partial charge < -0.3 is 24.7 Å². The number of aromatic nitrogens is 2. The fraction of sp³-hybridized carbons (Fsp3) is 0.485. The van der Waals surface area contributed by atoms with Gasteiger partial charge in [-0.05, 0) is 56.6 Å². The van der Waals surface area contributed by atoms with Crippen molar-refractivity contribution in [2.75, 3.05) is 45.3 Å². The monoisotopic (exact) mass is 639 g/mol. The molecular formula is C33H45N5O6S. The number of hydrogen-bond donors (Lipinski definition) is 3. The first-order chi connectivity index (χ1) is 21.7. The number of ether oxygens (including phenoxy) is 2. The number of benzene rings is 2. The number of carbonyl (C=O) groups excluding carboxylic acids is 2. The fourth-order valence-corrected chi connectivity index (χ4v) is 7.01. The minimum absolute atomic E-state index is 0.124. The van der Waals surface area contributed by atoms with Gasteiger partial charge in [0.15, 0.2) is 0 Å². The SMILES string of the molecule is CCC1CCN(C(=O)[C@H](CCCc2nc[nH]c2C)NS(=O)(=O)c2cccc(-c3ccccc3)c2NC(=O)COCCOC)CC1. The molecule has 1 aliphatic heterocycles. The van der Waals surface area contributed by atoms with Crippen molar-refractivity contribution >= 4 is 27.5 Å². The Kier molecular flexibility index (Phi) is 12.7. The summed E-state index contributed by atoms with van der Waals surface area (Å²) >= 11 is 0. The number of aryl methyl sites for hydroxylation is 2. The molecule has 0 saturated carbocycles. The predicted octanol–water partition coefficient (Wildman–Crippen LogP) is 4.31. The first kappa shape index (κ1) is 34.3. The molecule has 0 spiro atoms. The third-order valence-electron chi connectivity index (χ3n) is 8.27. The second-order valence-electron chi connectivity index (χ2n) is 11.4. The molecule has 2 aromatic carbocycles. The molecule has 3 aromatic rings. The van der Waals surface area contributed by atoms with E-state index < -0.39 is 22.0 Å². The van der Waals surface area contributed by atoms with Crippen LogP contribution in [0.1, 0.15) is 50.4 Å². The molecule has 244 valence electrons. The second kappa shape index (κ2) is 16.6. The maximum absolute atomic E-state index is 14.2. The minimum Gasteiger partial charge on any atom is -0.382 e. The van der Waals surface area contributed by atoms with Crippen molar-refractivity contribution in [3.63, 3.8) is 0 Å². The van der Waals surface area contributed by atoms with E-state index in [9.17, 15) is 18.0 Å². The molecule has 2 amide bonds. The van der Waals surface area contributed by atoms with Crippen LogP contribution in [0.2, 0.25) is 0 Å². The highest BCUT2D eigenvalue weighted by Crippen LogP contribution is 2.34. The number of methoxy groups -OCH3 is 1. The van der Waals surface area contributed by atoms with Gasteiger partial charge in [-0.1, -0.05) is 55.8 Å². The third-order valence-corrected chi connectivity index (χ3v) is 9.78. The van der Waals surface area contributed by atoms with Gasteiger partial charge in [0.1, 0.15) is 17.5 Å². The van der Waals surface area contributed by atoms with Crippen LogP contribution < -0.4 is 10.0 Å². The molecule has 0 radical (unpaired) electrons. The number of piperidine rings is 1. The number of nitrogens with one attached hydrogen (secondary N) is 3. The molecule has 1 aliphatic rings. The number of rotatable bonds is 16. The highest BCUT2D eigenvalue weighted by molar-refractivity contribution is 7.89. The van der Waals surface area contributed by atoms with E-state index in [1.54, 1.807) is 23.4 Å². The van der Waals surface area contributed by atoms with Crippen molar-refractivity contribution in [2.24, 2.45) is 5.92 Å². The van der Waals surface area contributed by atoms with Gasteiger partial charge in [0.05, 0.1) is 30.9 Å². The van der Waals surface area contributed by atoms with Gasteiger partial charge in [-0.3, -0.25) is 9.59 Å². The van der Waals surface area contributed by atoms with Crippen LogP contribution in [0.15, 0.2) is 59.8 Å². The molecule has 0 bridgehead atoms. The number of imidazole rings is 1. The summed E-state index contributed by atoms with van der Waals surface area (Å²) in [5.74, 6) is -0.174. The summed E-state index contributed by atoms with van der Waals surface area (Å²) in [4.78, 5) is 35.9. The van der Waals surface area contributed by atoms with Crippen LogP contribution in [0, 0.1) is 12.8 Å². The zero-order valence-electron chi connectivity index (χ0n) is 26.4. The predicted molar refractivity (Wildman–Crippen MR) is 173 cm³/mol. The Morgan fingerprint density at radius 3 is 2.51 bits per heavy atom. The number of nitrogens with zero attached hydrogens (tertiary/aromatic N) is 2. The van der Waals surface area contributed by atoms with Crippen molar-refractivity contribution in [3.8, 4) is 11.1 Å². The number of anilines is 1. The lowest BCUT2D eigenvalue weighted by Gasteiger charge is -2.34. The maximum Gasteiger partial charge on any atom is 0.250 e. The number of para-hydroxylation sites is 1.